The van der Waals surface area contributed by atoms with E-state index < -0.39 is 0 Å². The van der Waals surface area contributed by atoms with Crippen LogP contribution in [0.25, 0.3) is 0 Å². The van der Waals surface area contributed by atoms with Crippen molar-refractivity contribution in [2.45, 2.75) is 13.0 Å². The molecule has 94 valence electrons. The van der Waals surface area contributed by atoms with Gasteiger partial charge in [-0.1, -0.05) is 24.3 Å². The molecule has 1 atom stereocenters. The Kier molecular flexibility index (Phi) is 3.63. The maximum absolute atomic E-state index is 13.3. The topological polar surface area (TPSA) is 29.3 Å². The van der Waals surface area contributed by atoms with Gasteiger partial charge in [-0.25, -0.2) is 4.39 Å². The molecule has 0 saturated carbocycles. The van der Waals surface area contributed by atoms with Gasteiger partial charge in [-0.15, -0.1) is 0 Å². The van der Waals surface area contributed by atoms with E-state index in [4.69, 9.17) is 5.73 Å². The van der Waals surface area contributed by atoms with Gasteiger partial charge in [0.25, 0.3) is 0 Å². The highest BCUT2D eigenvalue weighted by Gasteiger charge is 2.11. The Bertz CT molecular complexity index is 538. The average Bonchev–Trinajstić information content (AvgIpc) is 2.38. The van der Waals surface area contributed by atoms with Crippen molar-refractivity contribution in [1.82, 2.24) is 0 Å². The second-order valence-electron chi connectivity index (χ2n) is 4.39. The molecule has 0 spiro atoms. The number of hydrogen-bond donors (Lipinski definition) is 1. The van der Waals surface area contributed by atoms with Crippen molar-refractivity contribution < 1.29 is 4.39 Å². The highest BCUT2D eigenvalue weighted by molar-refractivity contribution is 5.66. The van der Waals surface area contributed by atoms with E-state index in [0.29, 0.717) is 0 Å². The van der Waals surface area contributed by atoms with Gasteiger partial charge in [0.1, 0.15) is 5.82 Å². The summed E-state index contributed by atoms with van der Waals surface area (Å²) in [4.78, 5) is 1.95. The van der Waals surface area contributed by atoms with E-state index in [1.54, 1.807) is 6.07 Å². The first-order chi connectivity index (χ1) is 8.59. The molecule has 2 N–H and O–H groups in total. The smallest absolute Gasteiger partial charge is 0.125 e. The number of benzene rings is 2. The van der Waals surface area contributed by atoms with Crippen molar-refractivity contribution in [3.63, 3.8) is 0 Å². The van der Waals surface area contributed by atoms with Crippen molar-refractivity contribution in [3.05, 3.63) is 59.9 Å². The average molecular weight is 244 g/mol. The van der Waals surface area contributed by atoms with Crippen LogP contribution in [0.2, 0.25) is 0 Å². The molecule has 0 aliphatic carbocycles. The number of halogens is 1. The van der Waals surface area contributed by atoms with Crippen LogP contribution >= 0.6 is 0 Å². The van der Waals surface area contributed by atoms with Gasteiger partial charge in [-0.2, -0.15) is 0 Å². The van der Waals surface area contributed by atoms with Crippen LogP contribution in [0.1, 0.15) is 18.5 Å². The Morgan fingerprint density at radius 2 is 1.83 bits per heavy atom. The zero-order chi connectivity index (χ0) is 13.1. The molecule has 2 aromatic rings. The van der Waals surface area contributed by atoms with Crippen LogP contribution in [0.5, 0.6) is 0 Å². The lowest BCUT2D eigenvalue weighted by atomic mass is 10.1. The van der Waals surface area contributed by atoms with Gasteiger partial charge < -0.3 is 10.6 Å². The monoisotopic (exact) mass is 244 g/mol. The molecule has 0 aliphatic heterocycles. The van der Waals surface area contributed by atoms with Gasteiger partial charge in [-0.3, -0.25) is 0 Å². The van der Waals surface area contributed by atoms with Crippen LogP contribution in [0, 0.1) is 5.82 Å². The number of hydrogen-bond acceptors (Lipinski definition) is 2. The highest BCUT2D eigenvalue weighted by Crippen LogP contribution is 2.29. The second-order valence-corrected chi connectivity index (χ2v) is 4.39. The Morgan fingerprint density at radius 3 is 2.50 bits per heavy atom. The molecule has 0 saturated heterocycles. The molecule has 3 heteroatoms. The Balaban J connectivity index is 2.43. The van der Waals surface area contributed by atoms with Crippen molar-refractivity contribution in [3.8, 4) is 0 Å². The summed E-state index contributed by atoms with van der Waals surface area (Å²) in [5, 5.41) is 0. The SMILES string of the molecule is C[C@@H](N)c1ccccc1N(C)c1cccc(F)c1. The molecular weight excluding hydrogens is 227 g/mol. The third kappa shape index (κ3) is 2.51. The lowest BCUT2D eigenvalue weighted by molar-refractivity contribution is 0.628. The third-order valence-corrected chi connectivity index (χ3v) is 2.98. The van der Waals surface area contributed by atoms with E-state index in [1.807, 2.05) is 49.2 Å². The molecule has 18 heavy (non-hydrogen) atoms. The lowest BCUT2D eigenvalue weighted by Crippen LogP contribution is -2.15. The third-order valence-electron chi connectivity index (χ3n) is 2.98. The molecule has 0 amide bonds. The summed E-state index contributed by atoms with van der Waals surface area (Å²) < 4.78 is 13.3. The van der Waals surface area contributed by atoms with Gasteiger partial charge in [0.05, 0.1) is 0 Å². The fourth-order valence-corrected chi connectivity index (χ4v) is 2.00. The predicted molar refractivity (Wildman–Crippen MR) is 73.5 cm³/mol. The van der Waals surface area contributed by atoms with Gasteiger partial charge >= 0.3 is 0 Å². The summed E-state index contributed by atoms with van der Waals surface area (Å²) in [7, 11) is 1.91. The van der Waals surface area contributed by atoms with Crippen LogP contribution < -0.4 is 10.6 Å². The van der Waals surface area contributed by atoms with Crippen molar-refractivity contribution in [1.29, 1.82) is 0 Å². The maximum Gasteiger partial charge on any atom is 0.125 e. The quantitative estimate of drug-likeness (QED) is 0.893. The Labute approximate surface area is 107 Å². The first kappa shape index (κ1) is 12.6. The Morgan fingerprint density at radius 1 is 1.11 bits per heavy atom. The van der Waals surface area contributed by atoms with E-state index in [0.717, 1.165) is 16.9 Å². The van der Waals surface area contributed by atoms with E-state index in [1.165, 1.54) is 12.1 Å². The molecule has 0 aromatic heterocycles. The van der Waals surface area contributed by atoms with Crippen LogP contribution in [-0.2, 0) is 0 Å². The minimum Gasteiger partial charge on any atom is -0.344 e. The first-order valence-corrected chi connectivity index (χ1v) is 5.93. The standard InChI is InChI=1S/C15H17FN2/c1-11(17)14-8-3-4-9-15(14)18(2)13-7-5-6-12(16)10-13/h3-11H,17H2,1-2H3/t11-/m1/s1. The van der Waals surface area contributed by atoms with Gasteiger partial charge in [0, 0.05) is 24.5 Å². The van der Waals surface area contributed by atoms with E-state index >= 15 is 0 Å². The molecule has 2 nitrogen and oxygen atoms in total. The summed E-state index contributed by atoms with van der Waals surface area (Å²) in [5.74, 6) is -0.238. The lowest BCUT2D eigenvalue weighted by Gasteiger charge is -2.24. The fraction of sp³-hybridized carbons (Fsp3) is 0.200. The van der Waals surface area contributed by atoms with Crippen molar-refractivity contribution in [2.75, 3.05) is 11.9 Å². The highest BCUT2D eigenvalue weighted by atomic mass is 19.1. The number of nitrogens with two attached hydrogens (primary N) is 1. The molecule has 0 aliphatic rings. The molecule has 0 bridgehead atoms. The van der Waals surface area contributed by atoms with Gasteiger partial charge in [0.15, 0.2) is 0 Å². The van der Waals surface area contributed by atoms with Gasteiger partial charge in [-0.05, 0) is 36.8 Å². The largest absolute Gasteiger partial charge is 0.344 e. The minimum absolute atomic E-state index is 0.0581. The molecular formula is C15H17FN2. The predicted octanol–water partition coefficient (Wildman–Crippen LogP) is 3.61. The fourth-order valence-electron chi connectivity index (χ4n) is 2.00. The van der Waals surface area contributed by atoms with E-state index in [-0.39, 0.29) is 11.9 Å². The van der Waals surface area contributed by atoms with E-state index in [2.05, 4.69) is 0 Å². The first-order valence-electron chi connectivity index (χ1n) is 5.93. The van der Waals surface area contributed by atoms with Gasteiger partial charge in [0.2, 0.25) is 0 Å². The van der Waals surface area contributed by atoms with Crippen molar-refractivity contribution in [2.24, 2.45) is 5.73 Å². The molecule has 2 aromatic carbocycles. The summed E-state index contributed by atoms with van der Waals surface area (Å²) >= 11 is 0. The zero-order valence-electron chi connectivity index (χ0n) is 10.6. The number of anilines is 2. The summed E-state index contributed by atoms with van der Waals surface area (Å²) in [5.41, 5.74) is 8.81. The zero-order valence-corrected chi connectivity index (χ0v) is 10.6. The van der Waals surface area contributed by atoms with Crippen LogP contribution in [-0.4, -0.2) is 7.05 Å². The normalized spacial score (nSPS) is 12.2. The summed E-state index contributed by atoms with van der Waals surface area (Å²) in [6, 6.07) is 14.4. The summed E-state index contributed by atoms with van der Waals surface area (Å²) in [6.07, 6.45) is 0. The van der Waals surface area contributed by atoms with Crippen LogP contribution in [0.15, 0.2) is 48.5 Å². The summed E-state index contributed by atoms with van der Waals surface area (Å²) in [6.45, 7) is 1.94. The molecule has 0 heterocycles. The van der Waals surface area contributed by atoms with Crippen LogP contribution in [0.3, 0.4) is 0 Å². The molecule has 0 fully saturated rings. The number of nitrogens with zero attached hydrogens (tertiary/aromatic N) is 1. The molecule has 0 unspecified atom stereocenters. The van der Waals surface area contributed by atoms with Crippen LogP contribution in [0.4, 0.5) is 15.8 Å². The minimum atomic E-state index is -0.238. The number of para-hydroxylation sites is 1. The second kappa shape index (κ2) is 5.19. The molecule has 0 radical (unpaired) electrons. The Hall–Kier alpha value is -1.87. The number of rotatable bonds is 3. The van der Waals surface area contributed by atoms with Crippen molar-refractivity contribution >= 4 is 11.4 Å². The maximum atomic E-state index is 13.3. The molecule has 2 rings (SSSR count). The van der Waals surface area contributed by atoms with E-state index in [9.17, 15) is 4.39 Å².